The number of hydrogen-bond acceptors (Lipinski definition) is 3. The maximum atomic E-state index is 11.7. The largest absolute Gasteiger partial charge is 0.349 e. The zero-order valence-electron chi connectivity index (χ0n) is 10.3. The first kappa shape index (κ1) is 12.7. The van der Waals surface area contributed by atoms with Crippen LogP contribution >= 0.6 is 0 Å². The topological polar surface area (TPSA) is 72.9 Å². The van der Waals surface area contributed by atoms with Crippen LogP contribution in [-0.4, -0.2) is 21.7 Å². The van der Waals surface area contributed by atoms with Gasteiger partial charge in [-0.15, -0.1) is 0 Å². The number of amides is 1. The van der Waals surface area contributed by atoms with E-state index in [0.717, 1.165) is 5.69 Å². The second-order valence-electron chi connectivity index (χ2n) is 5.01. The lowest BCUT2D eigenvalue weighted by Gasteiger charge is -2.25. The van der Waals surface area contributed by atoms with Gasteiger partial charge in [-0.2, -0.15) is 5.10 Å². The molecule has 0 unspecified atom stereocenters. The number of carbonyl (C=O) groups is 1. The average molecular weight is 224 g/mol. The molecule has 3 N–H and O–H groups in total. The van der Waals surface area contributed by atoms with Crippen LogP contribution in [0.2, 0.25) is 0 Å². The Balaban J connectivity index is 2.51. The highest BCUT2D eigenvalue weighted by Crippen LogP contribution is 2.17. The standard InChI is InChI=1S/C11H20N4O/c1-11(2,3)9(12)10(16)13-7-8-5-6-14-15(8)4/h5-6,9H,7,12H2,1-4H3,(H,13,16)/t9-/m1/s1. The van der Waals surface area contributed by atoms with Crippen LogP contribution in [0.3, 0.4) is 0 Å². The quantitative estimate of drug-likeness (QED) is 0.781. The summed E-state index contributed by atoms with van der Waals surface area (Å²) in [6, 6.07) is 1.36. The van der Waals surface area contributed by atoms with Crippen molar-refractivity contribution in [3.05, 3.63) is 18.0 Å². The SMILES string of the molecule is Cn1nccc1CNC(=O)[C@@H](N)C(C)(C)C. The molecule has 0 aliphatic heterocycles. The molecule has 5 heteroatoms. The molecule has 0 aromatic carbocycles. The van der Waals surface area contributed by atoms with Crippen LogP contribution in [0.15, 0.2) is 12.3 Å². The molecule has 1 heterocycles. The third kappa shape index (κ3) is 3.06. The lowest BCUT2D eigenvalue weighted by Crippen LogP contribution is -2.48. The maximum Gasteiger partial charge on any atom is 0.237 e. The van der Waals surface area contributed by atoms with Crippen molar-refractivity contribution in [1.82, 2.24) is 15.1 Å². The highest BCUT2D eigenvalue weighted by molar-refractivity contribution is 5.82. The van der Waals surface area contributed by atoms with E-state index in [1.54, 1.807) is 10.9 Å². The number of nitrogens with zero attached hydrogens (tertiary/aromatic N) is 2. The Morgan fingerprint density at radius 1 is 1.62 bits per heavy atom. The van der Waals surface area contributed by atoms with Crippen molar-refractivity contribution in [3.63, 3.8) is 0 Å². The first-order valence-electron chi connectivity index (χ1n) is 5.32. The Labute approximate surface area is 96.0 Å². The van der Waals surface area contributed by atoms with E-state index < -0.39 is 6.04 Å². The van der Waals surface area contributed by atoms with Crippen LogP contribution in [0.25, 0.3) is 0 Å². The summed E-state index contributed by atoms with van der Waals surface area (Å²) >= 11 is 0. The lowest BCUT2D eigenvalue weighted by atomic mass is 9.87. The fourth-order valence-electron chi connectivity index (χ4n) is 1.26. The minimum Gasteiger partial charge on any atom is -0.349 e. The van der Waals surface area contributed by atoms with Crippen molar-refractivity contribution >= 4 is 5.91 Å². The van der Waals surface area contributed by atoms with E-state index >= 15 is 0 Å². The number of rotatable bonds is 3. The Hall–Kier alpha value is -1.36. The van der Waals surface area contributed by atoms with Crippen LogP contribution < -0.4 is 11.1 Å². The molecular weight excluding hydrogens is 204 g/mol. The van der Waals surface area contributed by atoms with Gasteiger partial charge in [-0.3, -0.25) is 9.48 Å². The molecule has 1 amide bonds. The molecule has 0 radical (unpaired) electrons. The number of carbonyl (C=O) groups excluding carboxylic acids is 1. The Kier molecular flexibility index (Phi) is 3.70. The fourth-order valence-corrected chi connectivity index (χ4v) is 1.26. The minimum atomic E-state index is -0.499. The number of nitrogens with one attached hydrogen (secondary N) is 1. The van der Waals surface area contributed by atoms with Gasteiger partial charge in [0.1, 0.15) is 0 Å². The van der Waals surface area contributed by atoms with Gasteiger partial charge in [-0.1, -0.05) is 20.8 Å². The third-order valence-corrected chi connectivity index (χ3v) is 2.58. The van der Waals surface area contributed by atoms with Gasteiger partial charge in [0.2, 0.25) is 5.91 Å². The summed E-state index contributed by atoms with van der Waals surface area (Å²) in [5.41, 5.74) is 6.56. The number of hydrogen-bond donors (Lipinski definition) is 2. The molecule has 1 aromatic heterocycles. The molecule has 0 aliphatic carbocycles. The van der Waals surface area contributed by atoms with Gasteiger partial charge in [0, 0.05) is 13.2 Å². The summed E-state index contributed by atoms with van der Waals surface area (Å²) in [4.78, 5) is 11.7. The van der Waals surface area contributed by atoms with E-state index in [-0.39, 0.29) is 11.3 Å². The monoisotopic (exact) mass is 224 g/mol. The summed E-state index contributed by atoms with van der Waals surface area (Å²) in [5.74, 6) is -0.131. The molecule has 1 rings (SSSR count). The molecule has 0 aliphatic rings. The zero-order chi connectivity index (χ0) is 12.3. The second-order valence-corrected chi connectivity index (χ2v) is 5.01. The van der Waals surface area contributed by atoms with Crippen LogP contribution in [0.5, 0.6) is 0 Å². The van der Waals surface area contributed by atoms with Gasteiger partial charge in [0.05, 0.1) is 18.3 Å². The molecule has 0 saturated heterocycles. The molecule has 90 valence electrons. The van der Waals surface area contributed by atoms with Crippen molar-refractivity contribution in [2.75, 3.05) is 0 Å². The summed E-state index contributed by atoms with van der Waals surface area (Å²) in [5, 5.41) is 6.83. The summed E-state index contributed by atoms with van der Waals surface area (Å²) in [7, 11) is 1.84. The van der Waals surface area contributed by atoms with E-state index in [4.69, 9.17) is 5.73 Å². The number of aromatic nitrogens is 2. The minimum absolute atomic E-state index is 0.131. The number of aryl methyl sites for hydroxylation is 1. The molecule has 1 aromatic rings. The zero-order valence-corrected chi connectivity index (χ0v) is 10.3. The smallest absolute Gasteiger partial charge is 0.237 e. The Morgan fingerprint density at radius 3 is 2.69 bits per heavy atom. The first-order chi connectivity index (χ1) is 7.32. The van der Waals surface area contributed by atoms with Crippen molar-refractivity contribution < 1.29 is 4.79 Å². The Bertz CT molecular complexity index is 364. The van der Waals surface area contributed by atoms with Crippen LogP contribution in [-0.2, 0) is 18.4 Å². The molecule has 5 nitrogen and oxygen atoms in total. The highest BCUT2D eigenvalue weighted by Gasteiger charge is 2.27. The third-order valence-electron chi connectivity index (χ3n) is 2.58. The molecule has 0 saturated carbocycles. The van der Waals surface area contributed by atoms with Crippen LogP contribution in [0.4, 0.5) is 0 Å². The highest BCUT2D eigenvalue weighted by atomic mass is 16.2. The predicted octanol–water partition coefficient (Wildman–Crippen LogP) is 0.410. The van der Waals surface area contributed by atoms with E-state index in [1.165, 1.54) is 0 Å². The average Bonchev–Trinajstić information content (AvgIpc) is 2.58. The van der Waals surface area contributed by atoms with E-state index in [2.05, 4.69) is 10.4 Å². The molecule has 16 heavy (non-hydrogen) atoms. The van der Waals surface area contributed by atoms with Gasteiger partial charge >= 0.3 is 0 Å². The summed E-state index contributed by atoms with van der Waals surface area (Å²) in [6.45, 7) is 6.29. The van der Waals surface area contributed by atoms with Crippen molar-refractivity contribution in [2.45, 2.75) is 33.4 Å². The lowest BCUT2D eigenvalue weighted by molar-refractivity contribution is -0.124. The normalized spacial score (nSPS) is 13.6. The van der Waals surface area contributed by atoms with E-state index in [9.17, 15) is 4.79 Å². The molecule has 0 spiro atoms. The summed E-state index contributed by atoms with van der Waals surface area (Å²) in [6.07, 6.45) is 1.70. The first-order valence-corrected chi connectivity index (χ1v) is 5.32. The molecular formula is C11H20N4O. The molecule has 0 bridgehead atoms. The molecule has 0 fully saturated rings. The fraction of sp³-hybridized carbons (Fsp3) is 0.636. The van der Waals surface area contributed by atoms with Gasteiger partial charge in [-0.05, 0) is 11.5 Å². The number of nitrogens with two attached hydrogens (primary N) is 1. The van der Waals surface area contributed by atoms with Gasteiger partial charge < -0.3 is 11.1 Å². The van der Waals surface area contributed by atoms with Crippen molar-refractivity contribution in [2.24, 2.45) is 18.2 Å². The van der Waals surface area contributed by atoms with Gasteiger partial charge in [0.25, 0.3) is 0 Å². The predicted molar refractivity (Wildman–Crippen MR) is 62.5 cm³/mol. The van der Waals surface area contributed by atoms with Crippen LogP contribution in [0.1, 0.15) is 26.5 Å². The Morgan fingerprint density at radius 2 is 2.25 bits per heavy atom. The van der Waals surface area contributed by atoms with E-state index in [0.29, 0.717) is 6.54 Å². The second kappa shape index (κ2) is 4.65. The van der Waals surface area contributed by atoms with Crippen LogP contribution in [0, 0.1) is 5.41 Å². The van der Waals surface area contributed by atoms with Gasteiger partial charge in [0.15, 0.2) is 0 Å². The molecule has 1 atom stereocenters. The van der Waals surface area contributed by atoms with E-state index in [1.807, 2.05) is 33.9 Å². The van der Waals surface area contributed by atoms with Gasteiger partial charge in [-0.25, -0.2) is 0 Å². The van der Waals surface area contributed by atoms with Crippen molar-refractivity contribution in [1.29, 1.82) is 0 Å². The summed E-state index contributed by atoms with van der Waals surface area (Å²) < 4.78 is 1.73. The maximum absolute atomic E-state index is 11.7. The van der Waals surface area contributed by atoms with Crippen molar-refractivity contribution in [3.8, 4) is 0 Å².